The minimum absolute atomic E-state index is 0.0667. The highest BCUT2D eigenvalue weighted by Crippen LogP contribution is 2.27. The maximum Gasteiger partial charge on any atom is 0.134 e. The summed E-state index contributed by atoms with van der Waals surface area (Å²) in [5.41, 5.74) is 0. The van der Waals surface area contributed by atoms with Crippen molar-refractivity contribution in [1.29, 1.82) is 0 Å². The van der Waals surface area contributed by atoms with Gasteiger partial charge in [-0.05, 0) is 0 Å². The molecule has 0 aliphatic carbocycles. The molecule has 0 rings (SSSR count). The van der Waals surface area contributed by atoms with Crippen molar-refractivity contribution in [3.8, 4) is 0 Å². The maximum atomic E-state index is 10.3. The summed E-state index contributed by atoms with van der Waals surface area (Å²) in [5, 5.41) is 0. The molecule has 80 valence electrons. The van der Waals surface area contributed by atoms with E-state index in [1.807, 2.05) is 21.1 Å². The van der Waals surface area contributed by atoms with Crippen LogP contribution in [0.5, 0.6) is 0 Å². The first-order chi connectivity index (χ1) is 5.71. The SMILES string of the molecule is C[N+](C)(C)CCOCCP(=O)([O-])O. The Morgan fingerprint density at radius 2 is 1.92 bits per heavy atom. The van der Waals surface area contributed by atoms with Gasteiger partial charge in [-0.1, -0.05) is 0 Å². The number of ether oxygens (including phenoxy) is 1. The van der Waals surface area contributed by atoms with Crippen LogP contribution in [-0.2, 0) is 9.30 Å². The van der Waals surface area contributed by atoms with Gasteiger partial charge in [0.05, 0.1) is 34.4 Å². The predicted molar refractivity (Wildman–Crippen MR) is 48.4 cm³/mol. The van der Waals surface area contributed by atoms with Crippen LogP contribution in [0.15, 0.2) is 0 Å². The van der Waals surface area contributed by atoms with Crippen LogP contribution in [0.2, 0.25) is 0 Å². The Hall–Kier alpha value is 0.0700. The van der Waals surface area contributed by atoms with Crippen molar-refractivity contribution in [1.82, 2.24) is 0 Å². The maximum absolute atomic E-state index is 10.3. The summed E-state index contributed by atoms with van der Waals surface area (Å²) >= 11 is 0. The molecule has 0 saturated heterocycles. The minimum atomic E-state index is -4.13. The number of hydrogen-bond donors (Lipinski definition) is 1. The van der Waals surface area contributed by atoms with Crippen LogP contribution in [0, 0.1) is 0 Å². The number of rotatable bonds is 6. The minimum Gasteiger partial charge on any atom is -0.779 e. The lowest BCUT2D eigenvalue weighted by Gasteiger charge is -2.23. The Kier molecular flexibility index (Phi) is 5.10. The molecule has 0 spiro atoms. The van der Waals surface area contributed by atoms with Crippen molar-refractivity contribution in [2.75, 3.05) is 47.1 Å². The molecule has 1 atom stereocenters. The predicted octanol–water partition coefficient (Wildman–Crippen LogP) is -0.745. The lowest BCUT2D eigenvalue weighted by atomic mass is 10.5. The largest absolute Gasteiger partial charge is 0.779 e. The van der Waals surface area contributed by atoms with Crippen LogP contribution in [0.25, 0.3) is 0 Å². The van der Waals surface area contributed by atoms with Gasteiger partial charge in [-0.15, -0.1) is 0 Å². The molecule has 0 aromatic heterocycles. The van der Waals surface area contributed by atoms with Gasteiger partial charge in [0.2, 0.25) is 0 Å². The average molecular weight is 211 g/mol. The first-order valence-electron chi connectivity index (χ1n) is 4.12. The van der Waals surface area contributed by atoms with Crippen molar-refractivity contribution in [2.24, 2.45) is 0 Å². The Labute approximate surface area is 79.1 Å². The molecule has 0 aromatic carbocycles. The first-order valence-corrected chi connectivity index (χ1v) is 5.88. The fourth-order valence-corrected chi connectivity index (χ4v) is 0.980. The molecule has 0 saturated carbocycles. The van der Waals surface area contributed by atoms with E-state index in [0.717, 1.165) is 11.0 Å². The second-order valence-electron chi connectivity index (χ2n) is 3.99. The van der Waals surface area contributed by atoms with Gasteiger partial charge in [0.15, 0.2) is 0 Å². The molecule has 6 heteroatoms. The molecule has 0 bridgehead atoms. The topological polar surface area (TPSA) is 69.6 Å². The lowest BCUT2D eigenvalue weighted by molar-refractivity contribution is -0.870. The Bertz CT molecular complexity index is 183. The van der Waals surface area contributed by atoms with E-state index in [9.17, 15) is 9.46 Å². The van der Waals surface area contributed by atoms with Gasteiger partial charge in [0, 0.05) is 6.16 Å². The van der Waals surface area contributed by atoms with Crippen molar-refractivity contribution in [3.63, 3.8) is 0 Å². The van der Waals surface area contributed by atoms with Gasteiger partial charge in [0.25, 0.3) is 0 Å². The van der Waals surface area contributed by atoms with Gasteiger partial charge in [0.1, 0.15) is 14.1 Å². The molecule has 0 aliphatic heterocycles. The summed E-state index contributed by atoms with van der Waals surface area (Å²) in [6, 6.07) is 0. The van der Waals surface area contributed by atoms with Gasteiger partial charge >= 0.3 is 0 Å². The second kappa shape index (κ2) is 5.08. The highest BCUT2D eigenvalue weighted by atomic mass is 31.2. The Morgan fingerprint density at radius 3 is 2.31 bits per heavy atom. The first kappa shape index (κ1) is 13.1. The Balaban J connectivity index is 3.33. The van der Waals surface area contributed by atoms with Gasteiger partial charge in [-0.3, -0.25) is 0 Å². The van der Waals surface area contributed by atoms with E-state index < -0.39 is 7.60 Å². The van der Waals surface area contributed by atoms with E-state index in [2.05, 4.69) is 0 Å². The lowest BCUT2D eigenvalue weighted by Crippen LogP contribution is -2.37. The molecule has 0 radical (unpaired) electrons. The molecule has 5 nitrogen and oxygen atoms in total. The molecular formula is C7H18NO4P. The standard InChI is InChI=1S/C7H18NO4P/c1-8(2,3)4-5-12-6-7-13(9,10)11/h4-7H2,1-3H3,(H-,9,10,11). The zero-order valence-electron chi connectivity index (χ0n) is 8.39. The number of hydrogen-bond acceptors (Lipinski definition) is 3. The van der Waals surface area contributed by atoms with Crippen molar-refractivity contribution in [3.05, 3.63) is 0 Å². The van der Waals surface area contributed by atoms with Crippen LogP contribution in [0.3, 0.4) is 0 Å². The zero-order valence-corrected chi connectivity index (χ0v) is 9.29. The molecule has 0 amide bonds. The summed E-state index contributed by atoms with van der Waals surface area (Å²) in [7, 11) is 1.94. The van der Waals surface area contributed by atoms with Gasteiger partial charge < -0.3 is 23.6 Å². The van der Waals surface area contributed by atoms with E-state index in [1.54, 1.807) is 0 Å². The fourth-order valence-electron chi connectivity index (χ4n) is 0.620. The highest BCUT2D eigenvalue weighted by molar-refractivity contribution is 7.50. The van der Waals surface area contributed by atoms with Crippen LogP contribution < -0.4 is 4.89 Å². The van der Waals surface area contributed by atoms with E-state index in [1.165, 1.54) is 0 Å². The molecule has 1 unspecified atom stereocenters. The monoisotopic (exact) mass is 211 g/mol. The third kappa shape index (κ3) is 12.1. The number of nitrogens with zero attached hydrogens (tertiary/aromatic N) is 1. The zero-order chi connectivity index (χ0) is 10.5. The quantitative estimate of drug-likeness (QED) is 0.357. The summed E-state index contributed by atoms with van der Waals surface area (Å²) in [6.45, 7) is 1.38. The summed E-state index contributed by atoms with van der Waals surface area (Å²) in [6.07, 6.45) is -0.301. The average Bonchev–Trinajstić information content (AvgIpc) is 1.81. The number of likely N-dealkylation sites (N-methyl/N-ethyl adjacent to an activating group) is 1. The van der Waals surface area contributed by atoms with E-state index in [4.69, 9.17) is 9.63 Å². The number of quaternary nitrogens is 1. The van der Waals surface area contributed by atoms with E-state index >= 15 is 0 Å². The van der Waals surface area contributed by atoms with Crippen LogP contribution in [-0.4, -0.2) is 56.4 Å². The van der Waals surface area contributed by atoms with Gasteiger partial charge in [-0.2, -0.15) is 0 Å². The second-order valence-corrected chi connectivity index (χ2v) is 5.71. The molecule has 0 aromatic rings. The third-order valence-electron chi connectivity index (χ3n) is 1.42. The molecule has 0 heterocycles. The van der Waals surface area contributed by atoms with Crippen molar-refractivity contribution in [2.45, 2.75) is 0 Å². The van der Waals surface area contributed by atoms with Crippen molar-refractivity contribution < 1.29 is 23.6 Å². The highest BCUT2D eigenvalue weighted by Gasteiger charge is 2.06. The Morgan fingerprint density at radius 1 is 1.38 bits per heavy atom. The van der Waals surface area contributed by atoms with Crippen LogP contribution >= 0.6 is 7.60 Å². The molecule has 0 aliphatic rings. The molecule has 13 heavy (non-hydrogen) atoms. The molecule has 1 N–H and O–H groups in total. The van der Waals surface area contributed by atoms with Crippen LogP contribution in [0.1, 0.15) is 0 Å². The normalized spacial score (nSPS) is 17.0. The summed E-state index contributed by atoms with van der Waals surface area (Å²) < 4.78 is 16.1. The fraction of sp³-hybridized carbons (Fsp3) is 1.00. The summed E-state index contributed by atoms with van der Waals surface area (Å²) in [5.74, 6) is 0. The van der Waals surface area contributed by atoms with Crippen LogP contribution in [0.4, 0.5) is 0 Å². The molecule has 0 fully saturated rings. The summed E-state index contributed by atoms with van der Waals surface area (Å²) in [4.78, 5) is 18.7. The third-order valence-corrected chi connectivity index (χ3v) is 2.17. The van der Waals surface area contributed by atoms with Crippen molar-refractivity contribution >= 4 is 7.60 Å². The van der Waals surface area contributed by atoms with E-state index in [0.29, 0.717) is 6.61 Å². The van der Waals surface area contributed by atoms with Gasteiger partial charge in [-0.25, -0.2) is 0 Å². The molecular weight excluding hydrogens is 193 g/mol. The smallest absolute Gasteiger partial charge is 0.134 e. The van der Waals surface area contributed by atoms with E-state index in [-0.39, 0.29) is 12.8 Å².